The number of nitro groups is 1. The van der Waals surface area contributed by atoms with Crippen LogP contribution in [0, 0.1) is 10.1 Å². The minimum absolute atomic E-state index is 0.0437. The van der Waals surface area contributed by atoms with Gasteiger partial charge in [-0.2, -0.15) is 0 Å². The molecular formula is C14H12Cl2N4O4. The van der Waals surface area contributed by atoms with Gasteiger partial charge in [0, 0.05) is 32.4 Å². The summed E-state index contributed by atoms with van der Waals surface area (Å²) in [6, 6.07) is 4.09. The lowest BCUT2D eigenvalue weighted by atomic mass is 10.2. The van der Waals surface area contributed by atoms with Gasteiger partial charge in [-0.1, -0.05) is 23.2 Å². The summed E-state index contributed by atoms with van der Waals surface area (Å²) in [5.74, 6) is -0.258. The van der Waals surface area contributed by atoms with Crippen molar-refractivity contribution in [2.45, 2.75) is 0 Å². The molecular weight excluding hydrogens is 359 g/mol. The minimum atomic E-state index is -0.678. The molecule has 3 rings (SSSR count). The molecule has 1 aliphatic heterocycles. The molecule has 1 aliphatic rings. The van der Waals surface area contributed by atoms with Gasteiger partial charge in [0.05, 0.1) is 16.1 Å². The first kappa shape index (κ1) is 16.5. The lowest BCUT2D eigenvalue weighted by molar-refractivity contribution is -0.402. The van der Waals surface area contributed by atoms with E-state index in [-0.39, 0.29) is 11.7 Å². The molecule has 1 saturated heterocycles. The second-order valence-corrected chi connectivity index (χ2v) is 5.98. The molecule has 0 saturated carbocycles. The maximum atomic E-state index is 12.3. The van der Waals surface area contributed by atoms with Crippen molar-refractivity contribution in [3.05, 3.63) is 50.3 Å². The summed E-state index contributed by atoms with van der Waals surface area (Å²) in [4.78, 5) is 30.0. The number of carbonyl (C=O) groups excluding carboxylic acids is 1. The van der Waals surface area contributed by atoms with Crippen LogP contribution in [0.15, 0.2) is 28.8 Å². The lowest BCUT2D eigenvalue weighted by Gasteiger charge is -2.35. The number of anilines is 1. The van der Waals surface area contributed by atoms with Crippen molar-refractivity contribution in [1.82, 2.24) is 9.88 Å². The fourth-order valence-electron chi connectivity index (χ4n) is 2.46. The van der Waals surface area contributed by atoms with E-state index < -0.39 is 10.8 Å². The SMILES string of the molecule is O=C(c1ccc([N+](=O)[O-])o1)N1CCN(c2ncc(Cl)cc2Cl)CC1. The maximum Gasteiger partial charge on any atom is 0.433 e. The van der Waals surface area contributed by atoms with Gasteiger partial charge < -0.3 is 14.2 Å². The van der Waals surface area contributed by atoms with Crippen molar-refractivity contribution in [2.24, 2.45) is 0 Å². The second kappa shape index (κ2) is 6.66. The third-order valence-electron chi connectivity index (χ3n) is 3.64. The topological polar surface area (TPSA) is 92.7 Å². The Balaban J connectivity index is 1.65. The highest BCUT2D eigenvalue weighted by Gasteiger charge is 2.27. The Kier molecular flexibility index (Phi) is 4.59. The number of amides is 1. The number of halogens is 2. The molecule has 24 heavy (non-hydrogen) atoms. The van der Waals surface area contributed by atoms with E-state index in [9.17, 15) is 14.9 Å². The molecule has 8 nitrogen and oxygen atoms in total. The molecule has 1 amide bonds. The lowest BCUT2D eigenvalue weighted by Crippen LogP contribution is -2.49. The Morgan fingerprint density at radius 2 is 1.96 bits per heavy atom. The summed E-state index contributed by atoms with van der Waals surface area (Å²) >= 11 is 12.0. The highest BCUT2D eigenvalue weighted by Crippen LogP contribution is 2.27. The zero-order chi connectivity index (χ0) is 17.3. The van der Waals surface area contributed by atoms with Gasteiger partial charge in [-0.3, -0.25) is 14.9 Å². The zero-order valence-electron chi connectivity index (χ0n) is 12.3. The molecule has 0 atom stereocenters. The molecule has 0 radical (unpaired) electrons. The summed E-state index contributed by atoms with van der Waals surface area (Å²) in [5.41, 5.74) is 0. The molecule has 0 aromatic carbocycles. The predicted molar refractivity (Wildman–Crippen MR) is 87.7 cm³/mol. The van der Waals surface area contributed by atoms with E-state index in [0.717, 1.165) is 0 Å². The molecule has 126 valence electrons. The van der Waals surface area contributed by atoms with Crippen LogP contribution in [0.25, 0.3) is 0 Å². The van der Waals surface area contributed by atoms with E-state index in [1.54, 1.807) is 11.0 Å². The molecule has 1 fully saturated rings. The Labute approximate surface area is 146 Å². The number of carbonyl (C=O) groups is 1. The Hall–Kier alpha value is -2.32. The van der Waals surface area contributed by atoms with E-state index in [1.165, 1.54) is 18.3 Å². The smallest absolute Gasteiger partial charge is 0.395 e. The molecule has 2 aromatic heterocycles. The fourth-order valence-corrected chi connectivity index (χ4v) is 2.96. The summed E-state index contributed by atoms with van der Waals surface area (Å²) in [7, 11) is 0. The summed E-state index contributed by atoms with van der Waals surface area (Å²) in [6.45, 7) is 1.91. The molecule has 0 N–H and O–H groups in total. The van der Waals surface area contributed by atoms with Crippen LogP contribution in [-0.2, 0) is 0 Å². The van der Waals surface area contributed by atoms with Crippen LogP contribution in [0.4, 0.5) is 11.7 Å². The van der Waals surface area contributed by atoms with Crippen LogP contribution in [0.3, 0.4) is 0 Å². The van der Waals surface area contributed by atoms with Crippen LogP contribution in [0.1, 0.15) is 10.6 Å². The van der Waals surface area contributed by atoms with Crippen molar-refractivity contribution in [1.29, 1.82) is 0 Å². The van der Waals surface area contributed by atoms with Gasteiger partial charge in [0.1, 0.15) is 10.7 Å². The third-order valence-corrected chi connectivity index (χ3v) is 4.12. The number of rotatable bonds is 3. The van der Waals surface area contributed by atoms with Gasteiger partial charge in [0.25, 0.3) is 5.91 Å². The third kappa shape index (κ3) is 3.29. The molecule has 10 heteroatoms. The largest absolute Gasteiger partial charge is 0.433 e. The van der Waals surface area contributed by atoms with Crippen molar-refractivity contribution in [3.63, 3.8) is 0 Å². The number of hydrogen-bond donors (Lipinski definition) is 0. The van der Waals surface area contributed by atoms with E-state index in [0.29, 0.717) is 42.0 Å². The number of hydrogen-bond acceptors (Lipinski definition) is 6. The average molecular weight is 371 g/mol. The molecule has 0 spiro atoms. The minimum Gasteiger partial charge on any atom is -0.395 e. The van der Waals surface area contributed by atoms with Gasteiger partial charge in [-0.25, -0.2) is 4.98 Å². The van der Waals surface area contributed by atoms with Crippen LogP contribution >= 0.6 is 23.2 Å². The Morgan fingerprint density at radius 3 is 2.54 bits per heavy atom. The first-order valence-electron chi connectivity index (χ1n) is 7.05. The van der Waals surface area contributed by atoms with Crippen LogP contribution in [-0.4, -0.2) is 46.9 Å². The number of piperazine rings is 1. The molecule has 0 aliphatic carbocycles. The van der Waals surface area contributed by atoms with E-state index >= 15 is 0 Å². The van der Waals surface area contributed by atoms with Crippen molar-refractivity contribution in [3.8, 4) is 0 Å². The first-order chi connectivity index (χ1) is 11.5. The quantitative estimate of drug-likeness (QED) is 0.609. The van der Waals surface area contributed by atoms with E-state index in [1.807, 2.05) is 4.90 Å². The number of pyridine rings is 1. The van der Waals surface area contributed by atoms with Gasteiger partial charge >= 0.3 is 5.88 Å². The van der Waals surface area contributed by atoms with E-state index in [4.69, 9.17) is 27.6 Å². The second-order valence-electron chi connectivity index (χ2n) is 5.13. The van der Waals surface area contributed by atoms with Crippen molar-refractivity contribution >= 4 is 40.8 Å². The fraction of sp³-hybridized carbons (Fsp3) is 0.286. The van der Waals surface area contributed by atoms with Gasteiger partial charge in [-0.15, -0.1) is 0 Å². The summed E-state index contributed by atoms with van der Waals surface area (Å²) in [6.07, 6.45) is 1.52. The van der Waals surface area contributed by atoms with Gasteiger partial charge in [-0.05, 0) is 12.1 Å². The van der Waals surface area contributed by atoms with Crippen molar-refractivity contribution in [2.75, 3.05) is 31.1 Å². The summed E-state index contributed by atoms with van der Waals surface area (Å²) < 4.78 is 4.95. The highest BCUT2D eigenvalue weighted by atomic mass is 35.5. The number of furan rings is 1. The van der Waals surface area contributed by atoms with Gasteiger partial charge in [0.15, 0.2) is 5.76 Å². The Bertz CT molecular complexity index is 787. The molecule has 0 unspecified atom stereocenters. The monoisotopic (exact) mass is 370 g/mol. The maximum absolute atomic E-state index is 12.3. The highest BCUT2D eigenvalue weighted by molar-refractivity contribution is 6.36. The molecule has 0 bridgehead atoms. The van der Waals surface area contributed by atoms with Crippen LogP contribution < -0.4 is 4.90 Å². The number of aromatic nitrogens is 1. The predicted octanol–water partition coefficient (Wildman–Crippen LogP) is 2.85. The standard InChI is InChI=1S/C14H12Cl2N4O4/c15-9-7-10(16)13(17-8-9)18-3-5-19(6-4-18)14(21)11-1-2-12(24-11)20(22)23/h1-2,7-8H,3-6H2. The van der Waals surface area contributed by atoms with Crippen molar-refractivity contribution < 1.29 is 14.1 Å². The summed E-state index contributed by atoms with van der Waals surface area (Å²) in [5, 5.41) is 11.5. The molecule has 2 aromatic rings. The van der Waals surface area contributed by atoms with Crippen LogP contribution in [0.5, 0.6) is 0 Å². The number of nitrogens with zero attached hydrogens (tertiary/aromatic N) is 4. The average Bonchev–Trinajstić information content (AvgIpc) is 3.05. The normalized spacial score (nSPS) is 14.8. The van der Waals surface area contributed by atoms with Crippen LogP contribution in [0.2, 0.25) is 10.0 Å². The van der Waals surface area contributed by atoms with Gasteiger partial charge in [0.2, 0.25) is 0 Å². The molecule has 3 heterocycles. The Morgan fingerprint density at radius 1 is 1.25 bits per heavy atom. The van der Waals surface area contributed by atoms with E-state index in [2.05, 4.69) is 4.98 Å². The zero-order valence-corrected chi connectivity index (χ0v) is 13.8. The first-order valence-corrected chi connectivity index (χ1v) is 7.81.